The second kappa shape index (κ2) is 6.65. The second-order valence-electron chi connectivity index (χ2n) is 2.96. The van der Waals surface area contributed by atoms with Gasteiger partial charge in [0.25, 0.3) is 0 Å². The van der Waals surface area contributed by atoms with Gasteiger partial charge in [0, 0.05) is 19.3 Å². The molecule has 1 aromatic rings. The van der Waals surface area contributed by atoms with Gasteiger partial charge in [-0.15, -0.1) is 0 Å². The molecule has 90 valence electrons. The first-order valence-electron chi connectivity index (χ1n) is 4.78. The molecule has 17 heavy (non-hydrogen) atoms. The molecule has 6 heteroatoms. The highest BCUT2D eigenvalue weighted by Crippen LogP contribution is 2.14. The summed E-state index contributed by atoms with van der Waals surface area (Å²) in [6, 6.07) is 3.44. The van der Waals surface area contributed by atoms with Crippen molar-refractivity contribution in [1.29, 1.82) is 0 Å². The number of carbonyl (C=O) groups excluding carboxylic acids is 1. The number of rotatable bonds is 5. The number of ether oxygens (including phenoxy) is 1. The third-order valence-corrected chi connectivity index (χ3v) is 2.15. The standard InChI is InChI=1S/C11H12ClN3O2/c1-13-15-10(7-16)9(12)5-8-3-4-14-11(6-8)17-2/h3-7,13H,1-2H3/b9-5-,15-10-. The van der Waals surface area contributed by atoms with Crippen LogP contribution in [0, 0.1) is 0 Å². The van der Waals surface area contributed by atoms with Gasteiger partial charge in [0.1, 0.15) is 5.71 Å². The van der Waals surface area contributed by atoms with Crippen molar-refractivity contribution in [2.75, 3.05) is 14.2 Å². The number of hydrogen-bond acceptors (Lipinski definition) is 5. The Morgan fingerprint density at radius 1 is 1.65 bits per heavy atom. The molecule has 0 radical (unpaired) electrons. The van der Waals surface area contributed by atoms with Crippen LogP contribution in [0.3, 0.4) is 0 Å². The maximum absolute atomic E-state index is 10.7. The van der Waals surface area contributed by atoms with Crippen LogP contribution in [-0.2, 0) is 4.79 Å². The molecule has 0 saturated carbocycles. The predicted octanol–water partition coefficient (Wildman–Crippen LogP) is 1.44. The summed E-state index contributed by atoms with van der Waals surface area (Å²) >= 11 is 5.95. The zero-order valence-corrected chi connectivity index (χ0v) is 10.2. The lowest BCUT2D eigenvalue weighted by Gasteiger charge is -2.00. The van der Waals surface area contributed by atoms with Gasteiger partial charge in [0.2, 0.25) is 5.88 Å². The minimum Gasteiger partial charge on any atom is -0.481 e. The van der Waals surface area contributed by atoms with Gasteiger partial charge in [0.05, 0.1) is 12.1 Å². The largest absolute Gasteiger partial charge is 0.481 e. The number of carbonyl (C=O) groups is 1. The molecule has 0 aliphatic rings. The van der Waals surface area contributed by atoms with Gasteiger partial charge in [0.15, 0.2) is 6.29 Å². The van der Waals surface area contributed by atoms with Gasteiger partial charge in [-0.05, 0) is 17.7 Å². The van der Waals surface area contributed by atoms with E-state index in [-0.39, 0.29) is 10.7 Å². The number of methoxy groups -OCH3 is 1. The SMILES string of the molecule is CN/N=C(C=O)\C(Cl)=C\c1ccnc(OC)c1. The Morgan fingerprint density at radius 3 is 3.00 bits per heavy atom. The summed E-state index contributed by atoms with van der Waals surface area (Å²) in [6.07, 6.45) is 3.77. The lowest BCUT2D eigenvalue weighted by Crippen LogP contribution is -2.06. The summed E-state index contributed by atoms with van der Waals surface area (Å²) in [7, 11) is 3.11. The molecule has 0 atom stereocenters. The van der Waals surface area contributed by atoms with E-state index in [0.717, 1.165) is 5.56 Å². The van der Waals surface area contributed by atoms with Crippen molar-refractivity contribution in [3.05, 3.63) is 28.9 Å². The maximum atomic E-state index is 10.7. The van der Waals surface area contributed by atoms with Crippen molar-refractivity contribution in [1.82, 2.24) is 10.4 Å². The van der Waals surface area contributed by atoms with Crippen molar-refractivity contribution in [3.63, 3.8) is 0 Å². The Kier molecular flexibility index (Phi) is 5.16. The molecule has 0 unspecified atom stereocenters. The molecular formula is C11H12ClN3O2. The molecule has 0 saturated heterocycles. The highest BCUT2D eigenvalue weighted by atomic mass is 35.5. The summed E-state index contributed by atoms with van der Waals surface area (Å²) in [4.78, 5) is 14.7. The van der Waals surface area contributed by atoms with E-state index in [4.69, 9.17) is 16.3 Å². The van der Waals surface area contributed by atoms with Gasteiger partial charge >= 0.3 is 0 Å². The fraction of sp³-hybridized carbons (Fsp3) is 0.182. The molecule has 0 aromatic carbocycles. The highest BCUT2D eigenvalue weighted by Gasteiger charge is 2.03. The molecule has 1 rings (SSSR count). The van der Waals surface area contributed by atoms with Crippen molar-refractivity contribution in [2.24, 2.45) is 5.10 Å². The van der Waals surface area contributed by atoms with E-state index in [9.17, 15) is 4.79 Å². The third kappa shape index (κ3) is 3.88. The summed E-state index contributed by atoms with van der Waals surface area (Å²) in [5.41, 5.74) is 3.40. The number of nitrogens with one attached hydrogen (secondary N) is 1. The zero-order valence-electron chi connectivity index (χ0n) is 9.48. The Balaban J connectivity index is 3.00. The second-order valence-corrected chi connectivity index (χ2v) is 3.37. The predicted molar refractivity (Wildman–Crippen MR) is 67.2 cm³/mol. The average Bonchev–Trinajstić information content (AvgIpc) is 2.36. The molecule has 5 nitrogen and oxygen atoms in total. The van der Waals surface area contributed by atoms with Crippen LogP contribution in [0.25, 0.3) is 6.08 Å². The summed E-state index contributed by atoms with van der Waals surface area (Å²) in [6.45, 7) is 0. The molecule has 0 aliphatic heterocycles. The fourth-order valence-corrected chi connectivity index (χ4v) is 1.32. The fourth-order valence-electron chi connectivity index (χ4n) is 1.10. The van der Waals surface area contributed by atoms with Crippen LogP contribution >= 0.6 is 11.6 Å². The quantitative estimate of drug-likeness (QED) is 0.490. The number of pyridine rings is 1. The van der Waals surface area contributed by atoms with Crippen LogP contribution in [0.2, 0.25) is 0 Å². The van der Waals surface area contributed by atoms with E-state index >= 15 is 0 Å². The van der Waals surface area contributed by atoms with Crippen molar-refractivity contribution in [3.8, 4) is 5.88 Å². The molecule has 0 fully saturated rings. The number of hydrogen-bond donors (Lipinski definition) is 1. The van der Waals surface area contributed by atoms with Crippen molar-refractivity contribution < 1.29 is 9.53 Å². The van der Waals surface area contributed by atoms with Gasteiger partial charge in [-0.3, -0.25) is 4.79 Å². The third-order valence-electron chi connectivity index (χ3n) is 1.85. The molecule has 0 amide bonds. The highest BCUT2D eigenvalue weighted by molar-refractivity contribution is 6.56. The normalized spacial score (nSPS) is 12.2. The molecule has 1 N–H and O–H groups in total. The van der Waals surface area contributed by atoms with Crippen LogP contribution < -0.4 is 10.2 Å². The van der Waals surface area contributed by atoms with E-state index in [1.54, 1.807) is 31.5 Å². The van der Waals surface area contributed by atoms with E-state index < -0.39 is 0 Å². The van der Waals surface area contributed by atoms with Crippen molar-refractivity contribution >= 4 is 29.7 Å². The summed E-state index contributed by atoms with van der Waals surface area (Å²) < 4.78 is 4.98. The molecule has 1 aromatic heterocycles. The zero-order chi connectivity index (χ0) is 12.7. The molecule has 0 bridgehead atoms. The first-order chi connectivity index (χ1) is 8.21. The van der Waals surface area contributed by atoms with Crippen LogP contribution in [0.15, 0.2) is 28.5 Å². The van der Waals surface area contributed by atoms with Crippen LogP contribution in [0.5, 0.6) is 5.88 Å². The first kappa shape index (κ1) is 13.2. The van der Waals surface area contributed by atoms with Crippen LogP contribution in [0.4, 0.5) is 0 Å². The number of nitrogens with zero attached hydrogens (tertiary/aromatic N) is 2. The van der Waals surface area contributed by atoms with E-state index in [2.05, 4.69) is 15.5 Å². The smallest absolute Gasteiger partial charge is 0.213 e. The van der Waals surface area contributed by atoms with E-state index in [0.29, 0.717) is 12.2 Å². The average molecular weight is 254 g/mol. The first-order valence-corrected chi connectivity index (χ1v) is 5.16. The van der Waals surface area contributed by atoms with Crippen LogP contribution in [0.1, 0.15) is 5.56 Å². The Bertz CT molecular complexity index is 458. The van der Waals surface area contributed by atoms with E-state index in [1.807, 2.05) is 0 Å². The number of allylic oxidation sites excluding steroid dienone is 1. The number of aldehydes is 1. The topological polar surface area (TPSA) is 63.6 Å². The Labute approximate surface area is 104 Å². The molecule has 0 aliphatic carbocycles. The number of aromatic nitrogens is 1. The number of hydrazone groups is 1. The van der Waals surface area contributed by atoms with E-state index in [1.165, 1.54) is 7.11 Å². The minimum absolute atomic E-state index is 0.130. The number of halogens is 1. The summed E-state index contributed by atoms with van der Waals surface area (Å²) in [5.74, 6) is 0.474. The Hall–Kier alpha value is -1.88. The monoisotopic (exact) mass is 253 g/mol. The lowest BCUT2D eigenvalue weighted by atomic mass is 10.2. The van der Waals surface area contributed by atoms with Gasteiger partial charge in [-0.1, -0.05) is 11.6 Å². The van der Waals surface area contributed by atoms with Crippen molar-refractivity contribution in [2.45, 2.75) is 0 Å². The lowest BCUT2D eigenvalue weighted by molar-refractivity contribution is -0.102. The van der Waals surface area contributed by atoms with Gasteiger partial charge in [-0.2, -0.15) is 5.10 Å². The van der Waals surface area contributed by atoms with Gasteiger partial charge < -0.3 is 10.2 Å². The minimum atomic E-state index is 0.130. The summed E-state index contributed by atoms with van der Waals surface area (Å²) in [5, 5.41) is 3.97. The van der Waals surface area contributed by atoms with Crippen LogP contribution in [-0.4, -0.2) is 31.1 Å². The molecule has 1 heterocycles. The Morgan fingerprint density at radius 2 is 2.41 bits per heavy atom. The maximum Gasteiger partial charge on any atom is 0.213 e. The molecule has 0 spiro atoms. The molecular weight excluding hydrogens is 242 g/mol. The van der Waals surface area contributed by atoms with Gasteiger partial charge in [-0.25, -0.2) is 4.98 Å².